The summed E-state index contributed by atoms with van der Waals surface area (Å²) in [5.74, 6) is -2.68. The van der Waals surface area contributed by atoms with Crippen LogP contribution in [0.3, 0.4) is 0 Å². The quantitative estimate of drug-likeness (QED) is 0.569. The molecule has 2 aromatic carbocycles. The maximum absolute atomic E-state index is 14.0. The van der Waals surface area contributed by atoms with Crippen molar-refractivity contribution >= 4 is 17.7 Å². The number of carboxylic acids is 1. The summed E-state index contributed by atoms with van der Waals surface area (Å²) in [5, 5.41) is 11.7. The second-order valence-electron chi connectivity index (χ2n) is 7.77. The molecule has 3 aromatic rings. The van der Waals surface area contributed by atoms with Crippen LogP contribution in [-0.2, 0) is 10.2 Å². The Morgan fingerprint density at radius 2 is 1.79 bits per heavy atom. The van der Waals surface area contributed by atoms with E-state index in [-0.39, 0.29) is 24.7 Å². The molecule has 0 unspecified atom stereocenters. The molecule has 1 aliphatic heterocycles. The maximum atomic E-state index is 14.0. The van der Waals surface area contributed by atoms with Gasteiger partial charge in [-0.25, -0.2) is 14.2 Å². The van der Waals surface area contributed by atoms with E-state index in [0.717, 1.165) is 12.1 Å². The zero-order chi connectivity index (χ0) is 23.4. The Labute approximate surface area is 186 Å². The van der Waals surface area contributed by atoms with Crippen molar-refractivity contribution < 1.29 is 38.8 Å². The summed E-state index contributed by atoms with van der Waals surface area (Å²) in [4.78, 5) is 28.4. The Hall–Kier alpha value is -4.08. The number of nitrogens with one attached hydrogen (secondary N) is 1. The van der Waals surface area contributed by atoms with E-state index in [1.807, 2.05) is 0 Å². The highest BCUT2D eigenvalue weighted by Gasteiger charge is 2.53. The first-order valence-corrected chi connectivity index (χ1v) is 9.89. The number of pyridine rings is 1. The van der Waals surface area contributed by atoms with Gasteiger partial charge in [-0.1, -0.05) is 18.2 Å². The molecule has 0 bridgehead atoms. The molecule has 0 radical (unpaired) electrons. The molecule has 1 aliphatic carbocycles. The van der Waals surface area contributed by atoms with Crippen LogP contribution >= 0.6 is 0 Å². The third kappa shape index (κ3) is 3.73. The number of hydrogen-bond donors (Lipinski definition) is 2. The number of alkyl halides is 2. The van der Waals surface area contributed by atoms with Gasteiger partial charge in [0.15, 0.2) is 11.5 Å². The van der Waals surface area contributed by atoms with E-state index >= 15 is 0 Å². The van der Waals surface area contributed by atoms with Crippen LogP contribution in [0.15, 0.2) is 54.6 Å². The summed E-state index contributed by atoms with van der Waals surface area (Å²) in [6.45, 7) is 0. The number of halogens is 3. The Balaban J connectivity index is 0.00000274. The molecule has 1 aromatic heterocycles. The van der Waals surface area contributed by atoms with Crippen molar-refractivity contribution in [2.45, 2.75) is 24.6 Å². The van der Waals surface area contributed by atoms with Crippen LogP contribution < -0.4 is 14.8 Å². The summed E-state index contributed by atoms with van der Waals surface area (Å²) in [5.41, 5.74) is -0.184. The molecule has 2 aliphatic rings. The largest absolute Gasteiger partial charge is 0.586 e. The Kier molecular flexibility index (Phi) is 4.55. The second kappa shape index (κ2) is 7.22. The molecule has 5 rings (SSSR count). The normalized spacial score (nSPS) is 16.8. The van der Waals surface area contributed by atoms with Crippen LogP contribution in [0, 0.1) is 5.82 Å². The lowest BCUT2D eigenvalue weighted by atomic mass is 9.94. The number of aromatic carboxylic acids is 1. The van der Waals surface area contributed by atoms with Crippen molar-refractivity contribution in [3.8, 4) is 22.8 Å². The van der Waals surface area contributed by atoms with E-state index in [1.165, 1.54) is 18.2 Å². The number of rotatable bonds is 5. The third-order valence-electron chi connectivity index (χ3n) is 5.62. The Morgan fingerprint density at radius 1 is 1.03 bits per heavy atom. The molecule has 1 amide bonds. The van der Waals surface area contributed by atoms with E-state index in [0.29, 0.717) is 29.7 Å². The molecule has 1 saturated carbocycles. The smallest absolute Gasteiger partial charge is 0.478 e. The van der Waals surface area contributed by atoms with Crippen LogP contribution in [0.2, 0.25) is 0 Å². The van der Waals surface area contributed by atoms with E-state index in [4.69, 9.17) is 5.11 Å². The minimum Gasteiger partial charge on any atom is -0.478 e. The fourth-order valence-corrected chi connectivity index (χ4v) is 3.77. The number of fused-ring (bicyclic) bond motifs is 1. The van der Waals surface area contributed by atoms with E-state index in [9.17, 15) is 22.8 Å². The zero-order valence-corrected chi connectivity index (χ0v) is 16.8. The van der Waals surface area contributed by atoms with Crippen LogP contribution in [-0.4, -0.2) is 28.3 Å². The SMILES string of the molecule is O=C(O)c1ccc(-c2cccc(NC(=O)C3(c4ccc5c(c4)OC(F)(F)O5)CC3)n2)cc1F.[HH]. The highest BCUT2D eigenvalue weighted by Crippen LogP contribution is 2.52. The number of carbonyl (C=O) groups excluding carboxylic acids is 1. The van der Waals surface area contributed by atoms with Crippen LogP contribution in [0.1, 0.15) is 30.2 Å². The number of anilines is 1. The molecular formula is C23H17F3N2O5. The van der Waals surface area contributed by atoms with Gasteiger partial charge in [0.2, 0.25) is 5.91 Å². The zero-order valence-electron chi connectivity index (χ0n) is 16.8. The topological polar surface area (TPSA) is 97.8 Å². The summed E-state index contributed by atoms with van der Waals surface area (Å²) in [7, 11) is 0. The van der Waals surface area contributed by atoms with Crippen molar-refractivity contribution in [3.05, 3.63) is 71.5 Å². The number of carboxylic acid groups (broad SMARTS) is 1. The molecular weight excluding hydrogens is 441 g/mol. The second-order valence-corrected chi connectivity index (χ2v) is 7.77. The molecule has 10 heteroatoms. The number of hydrogen-bond acceptors (Lipinski definition) is 5. The Bertz CT molecular complexity index is 1310. The molecule has 33 heavy (non-hydrogen) atoms. The van der Waals surface area contributed by atoms with Crippen molar-refractivity contribution in [1.29, 1.82) is 0 Å². The number of benzene rings is 2. The third-order valence-corrected chi connectivity index (χ3v) is 5.62. The number of amides is 1. The number of carbonyl (C=O) groups is 2. The van der Waals surface area contributed by atoms with Gasteiger partial charge in [0.05, 0.1) is 16.7 Å². The molecule has 170 valence electrons. The van der Waals surface area contributed by atoms with Gasteiger partial charge in [-0.15, -0.1) is 8.78 Å². The van der Waals surface area contributed by atoms with Gasteiger partial charge >= 0.3 is 12.3 Å². The molecule has 0 atom stereocenters. The standard InChI is InChI=1S/C23H15F3N2O5.H2/c24-15-10-12(4-6-14(15)20(29)30)16-2-1-3-19(27-16)28-21(31)22(8-9-22)13-5-7-17-18(11-13)33-23(25,26)32-17;/h1-7,10-11H,8-9H2,(H,29,30)(H,27,28,31);1H. The molecule has 2 heterocycles. The van der Waals surface area contributed by atoms with Gasteiger partial charge in [0.25, 0.3) is 0 Å². The summed E-state index contributed by atoms with van der Waals surface area (Å²) in [6, 6.07) is 12.6. The van der Waals surface area contributed by atoms with Gasteiger partial charge in [-0.2, -0.15) is 0 Å². The van der Waals surface area contributed by atoms with Crippen LogP contribution in [0.4, 0.5) is 19.0 Å². The lowest BCUT2D eigenvalue weighted by molar-refractivity contribution is -0.286. The highest BCUT2D eigenvalue weighted by atomic mass is 19.3. The fourth-order valence-electron chi connectivity index (χ4n) is 3.77. The molecule has 1 fully saturated rings. The fraction of sp³-hybridized carbons (Fsp3) is 0.174. The first kappa shape index (κ1) is 20.8. The lowest BCUT2D eigenvalue weighted by Crippen LogP contribution is -2.28. The van der Waals surface area contributed by atoms with E-state index in [2.05, 4.69) is 19.8 Å². The average Bonchev–Trinajstić information content (AvgIpc) is 3.50. The lowest BCUT2D eigenvalue weighted by Gasteiger charge is -2.16. The first-order chi connectivity index (χ1) is 15.7. The minimum atomic E-state index is -3.74. The van der Waals surface area contributed by atoms with Crippen LogP contribution in [0.25, 0.3) is 11.3 Å². The first-order valence-electron chi connectivity index (χ1n) is 9.89. The van der Waals surface area contributed by atoms with E-state index < -0.39 is 29.1 Å². The molecule has 0 spiro atoms. The van der Waals surface area contributed by atoms with Gasteiger partial charge in [-0.3, -0.25) is 4.79 Å². The summed E-state index contributed by atoms with van der Waals surface area (Å²) in [6.07, 6.45) is -2.72. The Morgan fingerprint density at radius 3 is 2.48 bits per heavy atom. The molecule has 2 N–H and O–H groups in total. The monoisotopic (exact) mass is 458 g/mol. The molecule has 7 nitrogen and oxygen atoms in total. The number of aromatic nitrogens is 1. The average molecular weight is 458 g/mol. The van der Waals surface area contributed by atoms with E-state index in [1.54, 1.807) is 24.3 Å². The van der Waals surface area contributed by atoms with Crippen molar-refractivity contribution in [2.75, 3.05) is 5.32 Å². The maximum Gasteiger partial charge on any atom is 0.586 e. The van der Waals surface area contributed by atoms with Crippen molar-refractivity contribution in [1.82, 2.24) is 4.98 Å². The van der Waals surface area contributed by atoms with Gasteiger partial charge in [-0.05, 0) is 54.8 Å². The predicted molar refractivity (Wildman–Crippen MR) is 111 cm³/mol. The highest BCUT2D eigenvalue weighted by molar-refractivity contribution is 6.01. The van der Waals surface area contributed by atoms with Crippen LogP contribution in [0.5, 0.6) is 11.5 Å². The summed E-state index contributed by atoms with van der Waals surface area (Å²) >= 11 is 0. The van der Waals surface area contributed by atoms with Crippen molar-refractivity contribution in [2.24, 2.45) is 0 Å². The number of ether oxygens (including phenoxy) is 2. The number of nitrogens with zero attached hydrogens (tertiary/aromatic N) is 1. The van der Waals surface area contributed by atoms with Crippen molar-refractivity contribution in [3.63, 3.8) is 0 Å². The summed E-state index contributed by atoms with van der Waals surface area (Å²) < 4.78 is 49.5. The predicted octanol–water partition coefficient (Wildman–Crippen LogP) is 4.82. The van der Waals surface area contributed by atoms with Gasteiger partial charge < -0.3 is 19.9 Å². The molecule has 0 saturated heterocycles. The van der Waals surface area contributed by atoms with Gasteiger partial charge in [0, 0.05) is 6.99 Å². The minimum absolute atomic E-state index is 0. The van der Waals surface area contributed by atoms with Gasteiger partial charge in [0.1, 0.15) is 11.6 Å².